The third kappa shape index (κ3) is 2.59. The fraction of sp³-hybridized carbons (Fsp3) is 0.862. The zero-order valence-electron chi connectivity index (χ0n) is 22.0. The molecule has 5 nitrogen and oxygen atoms in total. The molecule has 0 N–H and O–H groups in total. The molecule has 0 amide bonds. The van der Waals surface area contributed by atoms with E-state index in [-0.39, 0.29) is 45.6 Å². The van der Waals surface area contributed by atoms with Crippen LogP contribution in [0, 0.1) is 46.3 Å². The summed E-state index contributed by atoms with van der Waals surface area (Å²) < 4.78 is 18.4. The van der Waals surface area contributed by atoms with Gasteiger partial charge in [-0.25, -0.2) is 4.79 Å². The molecule has 2 aliphatic heterocycles. The minimum absolute atomic E-state index is 0.0455. The van der Waals surface area contributed by atoms with Crippen molar-refractivity contribution in [3.63, 3.8) is 0 Å². The van der Waals surface area contributed by atoms with Crippen molar-refractivity contribution in [2.45, 2.75) is 103 Å². The fourth-order valence-corrected chi connectivity index (χ4v) is 9.86. The topological polar surface area (TPSA) is 68.4 Å². The molecule has 5 heteroatoms. The molecule has 2 saturated heterocycles. The number of allylic oxidation sites excluding steroid dienone is 1. The van der Waals surface area contributed by atoms with Gasteiger partial charge in [0, 0.05) is 28.2 Å². The van der Waals surface area contributed by atoms with Crippen LogP contribution < -0.4 is 0 Å². The Balaban J connectivity index is 1.31. The van der Waals surface area contributed by atoms with Crippen molar-refractivity contribution in [2.75, 3.05) is 7.11 Å². The van der Waals surface area contributed by atoms with E-state index in [1.165, 1.54) is 13.5 Å². The maximum Gasteiger partial charge on any atom is 0.334 e. The molecule has 2 heterocycles. The number of methoxy groups -OCH3 is 1. The highest BCUT2D eigenvalue weighted by molar-refractivity contribution is 6.03. The third-order valence-corrected chi connectivity index (χ3v) is 12.0. The van der Waals surface area contributed by atoms with E-state index < -0.39 is 0 Å². The van der Waals surface area contributed by atoms with Crippen LogP contribution in [0.3, 0.4) is 0 Å². The first-order chi connectivity index (χ1) is 16.0. The highest BCUT2D eigenvalue weighted by atomic mass is 16.6. The van der Waals surface area contributed by atoms with Crippen LogP contribution in [0.25, 0.3) is 0 Å². The van der Waals surface area contributed by atoms with Crippen molar-refractivity contribution >= 4 is 11.8 Å². The van der Waals surface area contributed by atoms with Gasteiger partial charge in [-0.1, -0.05) is 41.5 Å². The molecule has 5 fully saturated rings. The van der Waals surface area contributed by atoms with E-state index in [0.29, 0.717) is 41.5 Å². The number of ether oxygens (including phenoxy) is 3. The van der Waals surface area contributed by atoms with Crippen LogP contribution in [-0.2, 0) is 23.8 Å². The summed E-state index contributed by atoms with van der Waals surface area (Å²) in [5.41, 5.74) is -0.107. The van der Waals surface area contributed by atoms with Gasteiger partial charge in [-0.15, -0.1) is 0 Å². The van der Waals surface area contributed by atoms with Crippen LogP contribution in [-0.4, -0.2) is 42.3 Å². The quantitative estimate of drug-likeness (QED) is 0.412. The number of rotatable bonds is 5. The molecule has 2 spiro atoms. The Hall–Kier alpha value is -1.20. The van der Waals surface area contributed by atoms with Gasteiger partial charge in [-0.05, 0) is 68.3 Å². The fourth-order valence-electron chi connectivity index (χ4n) is 9.86. The van der Waals surface area contributed by atoms with Crippen molar-refractivity contribution in [2.24, 2.45) is 46.3 Å². The lowest BCUT2D eigenvalue weighted by Crippen LogP contribution is -2.59. The minimum Gasteiger partial charge on any atom is -0.466 e. The first-order valence-corrected chi connectivity index (χ1v) is 13.7. The molecule has 2 bridgehead atoms. The summed E-state index contributed by atoms with van der Waals surface area (Å²) in [7, 11) is 1.42. The standard InChI is InChI=1S/C29H42O5/c1-15(2)16(3)23-24(33-23)17(4)19-8-11-29-27(19,6)10-9-22-26(5)13-18(14-28(22,29)34-29)21(30)12-20(26)25(31)32-7/h12,15-19,22-24H,8-11,13-14H2,1-7H3/t16-,17+,18?,19-,22-,23+,24+,26-,27-,28+,29-/m1/s1. The molecular formula is C29H42O5. The van der Waals surface area contributed by atoms with E-state index in [4.69, 9.17) is 14.2 Å². The van der Waals surface area contributed by atoms with E-state index >= 15 is 0 Å². The molecule has 6 rings (SSSR count). The number of carbonyl (C=O) groups excluding carboxylic acids is 2. The SMILES string of the molecule is COC(=O)C1=CC(=O)C2C[C@@]34O[C@@]35CC[C@H]([C@H](C)[C@@H]3O[C@H]3[C@H](C)C(C)C)[C@@]5(C)CC[C@@H]4[C@]1(C)C2. The molecule has 0 aromatic heterocycles. The van der Waals surface area contributed by atoms with Gasteiger partial charge in [0.1, 0.15) is 11.2 Å². The maximum atomic E-state index is 13.1. The molecule has 3 saturated carbocycles. The van der Waals surface area contributed by atoms with Crippen LogP contribution in [0.2, 0.25) is 0 Å². The van der Waals surface area contributed by atoms with Crippen molar-refractivity contribution in [3.05, 3.63) is 11.6 Å². The number of fused-ring (bicyclic) bond motifs is 3. The van der Waals surface area contributed by atoms with Crippen LogP contribution in [0.5, 0.6) is 0 Å². The first-order valence-electron chi connectivity index (χ1n) is 13.7. The molecule has 188 valence electrons. The lowest BCUT2D eigenvalue weighted by Gasteiger charge is -2.56. The molecule has 0 aromatic rings. The van der Waals surface area contributed by atoms with Crippen molar-refractivity contribution < 1.29 is 23.8 Å². The summed E-state index contributed by atoms with van der Waals surface area (Å²) in [6, 6.07) is 0. The number of esters is 1. The van der Waals surface area contributed by atoms with Gasteiger partial charge >= 0.3 is 5.97 Å². The smallest absolute Gasteiger partial charge is 0.334 e. The second kappa shape index (κ2) is 6.97. The predicted molar refractivity (Wildman–Crippen MR) is 128 cm³/mol. The number of ketones is 1. The summed E-state index contributed by atoms with van der Waals surface area (Å²) in [6.07, 6.45) is 8.33. The number of carbonyl (C=O) groups is 2. The molecule has 34 heavy (non-hydrogen) atoms. The van der Waals surface area contributed by atoms with E-state index in [9.17, 15) is 9.59 Å². The summed E-state index contributed by atoms with van der Waals surface area (Å²) in [5, 5.41) is 0. The summed E-state index contributed by atoms with van der Waals surface area (Å²) >= 11 is 0. The Morgan fingerprint density at radius 3 is 2.50 bits per heavy atom. The molecule has 0 aromatic carbocycles. The van der Waals surface area contributed by atoms with Crippen molar-refractivity contribution in [1.82, 2.24) is 0 Å². The maximum absolute atomic E-state index is 13.1. The van der Waals surface area contributed by atoms with E-state index in [0.717, 1.165) is 32.1 Å². The summed E-state index contributed by atoms with van der Waals surface area (Å²) in [4.78, 5) is 25.8. The van der Waals surface area contributed by atoms with Crippen molar-refractivity contribution in [1.29, 1.82) is 0 Å². The zero-order chi connectivity index (χ0) is 24.4. The van der Waals surface area contributed by atoms with Crippen LogP contribution in [0.1, 0.15) is 80.1 Å². The van der Waals surface area contributed by atoms with Gasteiger partial charge in [0.2, 0.25) is 0 Å². The molecule has 6 aliphatic rings. The molecule has 0 radical (unpaired) electrons. The van der Waals surface area contributed by atoms with Gasteiger partial charge in [0.15, 0.2) is 5.78 Å². The Morgan fingerprint density at radius 2 is 1.82 bits per heavy atom. The summed E-state index contributed by atoms with van der Waals surface area (Å²) in [6.45, 7) is 14.0. The van der Waals surface area contributed by atoms with Crippen LogP contribution in [0.15, 0.2) is 11.6 Å². The van der Waals surface area contributed by atoms with Crippen LogP contribution in [0.4, 0.5) is 0 Å². The second-order valence-electron chi connectivity index (χ2n) is 13.5. The average molecular weight is 471 g/mol. The highest BCUT2D eigenvalue weighted by Gasteiger charge is 2.87. The average Bonchev–Trinajstić information content (AvgIpc) is 3.68. The van der Waals surface area contributed by atoms with Gasteiger partial charge in [0.25, 0.3) is 0 Å². The number of hydrogen-bond acceptors (Lipinski definition) is 5. The van der Waals surface area contributed by atoms with Gasteiger partial charge in [-0.3, -0.25) is 4.79 Å². The predicted octanol–water partition coefficient (Wildman–Crippen LogP) is 5.11. The number of hydrogen-bond donors (Lipinski definition) is 0. The van der Waals surface area contributed by atoms with Crippen molar-refractivity contribution in [3.8, 4) is 0 Å². The molecular weight excluding hydrogens is 428 g/mol. The zero-order valence-corrected chi connectivity index (χ0v) is 22.0. The Bertz CT molecular complexity index is 970. The van der Waals surface area contributed by atoms with E-state index in [2.05, 4.69) is 41.5 Å². The lowest BCUT2D eigenvalue weighted by molar-refractivity contribution is -0.142. The third-order valence-electron chi connectivity index (χ3n) is 12.0. The molecule has 11 atom stereocenters. The normalized spacial score (nSPS) is 52.2. The lowest BCUT2D eigenvalue weighted by atomic mass is 9.44. The van der Waals surface area contributed by atoms with E-state index in [1.807, 2.05) is 0 Å². The monoisotopic (exact) mass is 470 g/mol. The van der Waals surface area contributed by atoms with E-state index in [1.54, 1.807) is 6.08 Å². The Kier molecular flexibility index (Phi) is 4.76. The van der Waals surface area contributed by atoms with Crippen LogP contribution >= 0.6 is 0 Å². The first kappa shape index (κ1) is 23.2. The van der Waals surface area contributed by atoms with Gasteiger partial charge in [-0.2, -0.15) is 0 Å². The van der Waals surface area contributed by atoms with Gasteiger partial charge < -0.3 is 14.2 Å². The highest BCUT2D eigenvalue weighted by Crippen LogP contribution is 2.82. The minimum atomic E-state index is -0.351. The largest absolute Gasteiger partial charge is 0.466 e. The summed E-state index contributed by atoms with van der Waals surface area (Å²) in [5.74, 6) is 2.27. The number of epoxide rings is 2. The Morgan fingerprint density at radius 1 is 1.09 bits per heavy atom. The van der Waals surface area contributed by atoms with Gasteiger partial charge in [0.05, 0.1) is 19.3 Å². The second-order valence-corrected chi connectivity index (χ2v) is 13.5. The molecule has 1 unspecified atom stereocenters. The molecule has 4 aliphatic carbocycles. The Labute approximate surface area is 204 Å².